The summed E-state index contributed by atoms with van der Waals surface area (Å²) in [7, 11) is 1.96. The maximum Gasteiger partial charge on any atom is 0.307 e. The second kappa shape index (κ2) is 5.88. The first-order valence-electron chi connectivity index (χ1n) is 8.50. The van der Waals surface area contributed by atoms with Crippen molar-refractivity contribution in [3.05, 3.63) is 59.3 Å². The fourth-order valence-corrected chi connectivity index (χ4v) is 3.84. The first kappa shape index (κ1) is 15.6. The third-order valence-corrected chi connectivity index (χ3v) is 5.04. The topological polar surface area (TPSA) is 59.3 Å². The molecule has 1 aliphatic rings. The molecule has 1 heterocycles. The summed E-state index contributed by atoms with van der Waals surface area (Å²) in [5.74, 6) is -0.590. The van der Waals surface area contributed by atoms with Crippen LogP contribution in [0.25, 0.3) is 22.0 Å². The molecule has 3 aromatic rings. The average Bonchev–Trinajstić information content (AvgIpc) is 2.89. The highest BCUT2D eigenvalue weighted by atomic mass is 16.4. The number of benzene rings is 2. The number of fused-ring (bicyclic) bond motifs is 3. The van der Waals surface area contributed by atoms with E-state index in [0.717, 1.165) is 46.1 Å². The van der Waals surface area contributed by atoms with Gasteiger partial charge in [-0.2, -0.15) is 0 Å². The largest absolute Gasteiger partial charge is 0.481 e. The number of carbonyl (C=O) groups excluding carboxylic acids is 1. The number of aromatic nitrogens is 1. The number of ketones is 1. The number of aryl methyl sites for hydroxylation is 2. The van der Waals surface area contributed by atoms with Gasteiger partial charge in [-0.3, -0.25) is 9.59 Å². The standard InChI is InChI=1S/C21H19NO3/c1-22-18-12-15(14-7-5-13(6-8-14)11-20(24)25)9-10-16(18)17-3-2-4-19(23)21(17)22/h5-10,12H,2-4,11H2,1H3,(H,24,25). The van der Waals surface area contributed by atoms with Crippen molar-refractivity contribution in [2.75, 3.05) is 0 Å². The van der Waals surface area contributed by atoms with E-state index in [4.69, 9.17) is 5.11 Å². The van der Waals surface area contributed by atoms with Crippen LogP contribution >= 0.6 is 0 Å². The van der Waals surface area contributed by atoms with Crippen LogP contribution in [0.15, 0.2) is 42.5 Å². The molecule has 4 nitrogen and oxygen atoms in total. The lowest BCUT2D eigenvalue weighted by molar-refractivity contribution is -0.136. The number of nitrogens with zero attached hydrogens (tertiary/aromatic N) is 1. The molecule has 0 radical (unpaired) electrons. The van der Waals surface area contributed by atoms with Crippen molar-refractivity contribution < 1.29 is 14.7 Å². The van der Waals surface area contributed by atoms with E-state index in [-0.39, 0.29) is 12.2 Å². The lowest BCUT2D eigenvalue weighted by atomic mass is 9.94. The molecule has 0 bridgehead atoms. The molecule has 0 amide bonds. The van der Waals surface area contributed by atoms with Gasteiger partial charge < -0.3 is 9.67 Å². The van der Waals surface area contributed by atoms with Gasteiger partial charge in [0.15, 0.2) is 5.78 Å². The van der Waals surface area contributed by atoms with Gasteiger partial charge in [0.25, 0.3) is 0 Å². The number of carbonyl (C=O) groups is 2. The van der Waals surface area contributed by atoms with Crippen molar-refractivity contribution in [1.29, 1.82) is 0 Å². The fraction of sp³-hybridized carbons (Fsp3) is 0.238. The van der Waals surface area contributed by atoms with Crippen LogP contribution in [0.4, 0.5) is 0 Å². The molecule has 1 aromatic heterocycles. The molecule has 1 aliphatic carbocycles. The number of Topliss-reactive ketones (excluding diaryl/α,β-unsaturated/α-hetero) is 1. The van der Waals surface area contributed by atoms with E-state index in [1.807, 2.05) is 35.9 Å². The second-order valence-electron chi connectivity index (χ2n) is 6.66. The number of carboxylic acid groups (broad SMARTS) is 1. The minimum Gasteiger partial charge on any atom is -0.481 e. The van der Waals surface area contributed by atoms with Crippen LogP contribution in [0.2, 0.25) is 0 Å². The quantitative estimate of drug-likeness (QED) is 0.788. The molecule has 0 unspecified atom stereocenters. The number of aliphatic carboxylic acids is 1. The van der Waals surface area contributed by atoms with E-state index in [1.54, 1.807) is 0 Å². The molecular formula is C21H19NO3. The van der Waals surface area contributed by atoms with E-state index in [9.17, 15) is 9.59 Å². The highest BCUT2D eigenvalue weighted by Gasteiger charge is 2.24. The predicted octanol–water partition coefficient (Wildman–Crippen LogP) is 3.99. The Labute approximate surface area is 145 Å². The molecule has 2 aromatic carbocycles. The number of hydrogen-bond acceptors (Lipinski definition) is 2. The maximum atomic E-state index is 12.3. The summed E-state index contributed by atoms with van der Waals surface area (Å²) < 4.78 is 2.02. The van der Waals surface area contributed by atoms with Crippen molar-refractivity contribution in [3.8, 4) is 11.1 Å². The number of hydrogen-bond donors (Lipinski definition) is 1. The van der Waals surface area contributed by atoms with E-state index < -0.39 is 5.97 Å². The number of carboxylic acids is 1. The Kier molecular flexibility index (Phi) is 3.68. The molecule has 0 saturated carbocycles. The fourth-order valence-electron chi connectivity index (χ4n) is 3.84. The zero-order chi connectivity index (χ0) is 17.6. The molecule has 25 heavy (non-hydrogen) atoms. The SMILES string of the molecule is Cn1c2c(c3ccc(-c4ccc(CC(=O)O)cc4)cc31)CCCC2=O. The summed E-state index contributed by atoms with van der Waals surface area (Å²) in [5.41, 5.74) is 6.01. The van der Waals surface area contributed by atoms with Crippen LogP contribution in [0, 0.1) is 0 Å². The van der Waals surface area contributed by atoms with Gasteiger partial charge in [-0.05, 0) is 41.2 Å². The average molecular weight is 333 g/mol. The van der Waals surface area contributed by atoms with E-state index >= 15 is 0 Å². The molecule has 0 atom stereocenters. The van der Waals surface area contributed by atoms with Crippen LogP contribution in [-0.2, 0) is 24.7 Å². The normalized spacial score (nSPS) is 13.9. The molecule has 4 heteroatoms. The van der Waals surface area contributed by atoms with Crippen LogP contribution in [0.1, 0.15) is 34.5 Å². The monoisotopic (exact) mass is 333 g/mol. The maximum absolute atomic E-state index is 12.3. The first-order valence-corrected chi connectivity index (χ1v) is 8.50. The highest BCUT2D eigenvalue weighted by Crippen LogP contribution is 2.34. The van der Waals surface area contributed by atoms with Gasteiger partial charge in [0.05, 0.1) is 12.1 Å². The van der Waals surface area contributed by atoms with Crippen molar-refractivity contribution in [3.63, 3.8) is 0 Å². The van der Waals surface area contributed by atoms with Gasteiger partial charge in [-0.1, -0.05) is 36.4 Å². The van der Waals surface area contributed by atoms with Gasteiger partial charge in [-0.15, -0.1) is 0 Å². The van der Waals surface area contributed by atoms with Crippen molar-refractivity contribution in [1.82, 2.24) is 4.57 Å². The van der Waals surface area contributed by atoms with Crippen LogP contribution in [0.5, 0.6) is 0 Å². The molecule has 0 saturated heterocycles. The van der Waals surface area contributed by atoms with Gasteiger partial charge in [-0.25, -0.2) is 0 Å². The summed E-state index contributed by atoms with van der Waals surface area (Å²) in [4.78, 5) is 23.1. The van der Waals surface area contributed by atoms with E-state index in [1.165, 1.54) is 5.56 Å². The van der Waals surface area contributed by atoms with Gasteiger partial charge in [0.2, 0.25) is 0 Å². The van der Waals surface area contributed by atoms with Crippen molar-refractivity contribution in [2.45, 2.75) is 25.7 Å². The zero-order valence-electron chi connectivity index (χ0n) is 14.1. The summed E-state index contributed by atoms with van der Waals surface area (Å²) in [6.45, 7) is 0. The van der Waals surface area contributed by atoms with Crippen molar-refractivity contribution >= 4 is 22.7 Å². The van der Waals surface area contributed by atoms with Crippen LogP contribution in [-0.4, -0.2) is 21.4 Å². The minimum atomic E-state index is -0.826. The molecule has 1 N–H and O–H groups in total. The zero-order valence-corrected chi connectivity index (χ0v) is 14.1. The van der Waals surface area contributed by atoms with Crippen LogP contribution in [0.3, 0.4) is 0 Å². The van der Waals surface area contributed by atoms with Crippen molar-refractivity contribution in [2.24, 2.45) is 7.05 Å². The molecule has 0 fully saturated rings. The lowest BCUT2D eigenvalue weighted by Crippen LogP contribution is -2.13. The minimum absolute atomic E-state index is 0.0337. The lowest BCUT2D eigenvalue weighted by Gasteiger charge is -2.11. The Morgan fingerprint density at radius 1 is 1.08 bits per heavy atom. The first-order chi connectivity index (χ1) is 12.0. The summed E-state index contributed by atoms with van der Waals surface area (Å²) in [5, 5.41) is 10.0. The summed E-state index contributed by atoms with van der Waals surface area (Å²) >= 11 is 0. The van der Waals surface area contributed by atoms with Gasteiger partial charge in [0.1, 0.15) is 0 Å². The Hall–Kier alpha value is -2.88. The molecule has 4 rings (SSSR count). The highest BCUT2D eigenvalue weighted by molar-refractivity contribution is 6.04. The van der Waals surface area contributed by atoms with E-state index in [2.05, 4.69) is 18.2 Å². The van der Waals surface area contributed by atoms with Gasteiger partial charge in [0, 0.05) is 24.4 Å². The Balaban J connectivity index is 1.78. The number of rotatable bonds is 3. The summed E-state index contributed by atoms with van der Waals surface area (Å²) in [6, 6.07) is 13.9. The third kappa shape index (κ3) is 2.64. The van der Waals surface area contributed by atoms with Crippen LogP contribution < -0.4 is 0 Å². The Bertz CT molecular complexity index is 996. The van der Waals surface area contributed by atoms with Gasteiger partial charge >= 0.3 is 5.97 Å². The third-order valence-electron chi connectivity index (χ3n) is 5.04. The Morgan fingerprint density at radius 2 is 1.80 bits per heavy atom. The summed E-state index contributed by atoms with van der Waals surface area (Å²) in [6.07, 6.45) is 2.56. The molecule has 0 spiro atoms. The Morgan fingerprint density at radius 3 is 2.52 bits per heavy atom. The van der Waals surface area contributed by atoms with E-state index in [0.29, 0.717) is 6.42 Å². The smallest absolute Gasteiger partial charge is 0.307 e. The predicted molar refractivity (Wildman–Crippen MR) is 97.0 cm³/mol. The molecular weight excluding hydrogens is 314 g/mol. The second-order valence-corrected chi connectivity index (χ2v) is 6.66. The molecule has 126 valence electrons. The molecule has 0 aliphatic heterocycles.